The van der Waals surface area contributed by atoms with Crippen LogP contribution in [-0.2, 0) is 14.4 Å². The highest BCUT2D eigenvalue weighted by Crippen LogP contribution is 2.33. The fourth-order valence-electron chi connectivity index (χ4n) is 3.56. The summed E-state index contributed by atoms with van der Waals surface area (Å²) in [4.78, 5) is 37.6. The van der Waals surface area contributed by atoms with Gasteiger partial charge in [0.15, 0.2) is 6.61 Å². The van der Waals surface area contributed by atoms with Crippen molar-refractivity contribution >= 4 is 23.5 Å². The maximum Gasteiger partial charge on any atom is 0.329 e. The lowest BCUT2D eigenvalue weighted by atomic mass is 9.80. The minimum Gasteiger partial charge on any atom is -0.484 e. The molecule has 7 nitrogen and oxygen atoms in total. The summed E-state index contributed by atoms with van der Waals surface area (Å²) in [6.07, 6.45) is 5.37. The summed E-state index contributed by atoms with van der Waals surface area (Å²) in [7, 11) is 1.54. The van der Waals surface area contributed by atoms with Crippen molar-refractivity contribution < 1.29 is 24.2 Å². The molecule has 2 amide bonds. The van der Waals surface area contributed by atoms with Gasteiger partial charge in [-0.15, -0.1) is 0 Å². The van der Waals surface area contributed by atoms with Crippen molar-refractivity contribution in [2.45, 2.75) is 50.5 Å². The highest BCUT2D eigenvalue weighted by atomic mass is 16.5. The number of likely N-dealkylation sites (N-methyl/N-ethyl adjacent to an activating group) is 1. The van der Waals surface area contributed by atoms with Gasteiger partial charge in [-0.2, -0.15) is 0 Å². The Hall–Kier alpha value is -2.57. The number of amides is 2. The minimum atomic E-state index is -1.14. The average Bonchev–Trinajstić information content (AvgIpc) is 3.51. The molecule has 2 N–H and O–H groups in total. The van der Waals surface area contributed by atoms with E-state index in [1.165, 1.54) is 11.9 Å². The van der Waals surface area contributed by atoms with E-state index < -0.39 is 11.5 Å². The molecule has 1 aromatic rings. The number of ether oxygens (including phenoxy) is 1. The first kappa shape index (κ1) is 19.2. The van der Waals surface area contributed by atoms with Crippen molar-refractivity contribution in [3.05, 3.63) is 24.3 Å². The second-order valence-corrected chi connectivity index (χ2v) is 7.43. The van der Waals surface area contributed by atoms with Crippen LogP contribution in [-0.4, -0.2) is 47.0 Å². The molecule has 2 aliphatic rings. The number of anilines is 1. The molecule has 7 heteroatoms. The Morgan fingerprint density at radius 2 is 1.93 bits per heavy atom. The van der Waals surface area contributed by atoms with Crippen LogP contribution in [0.1, 0.15) is 44.9 Å². The van der Waals surface area contributed by atoms with Gasteiger partial charge in [0.1, 0.15) is 11.3 Å². The second-order valence-electron chi connectivity index (χ2n) is 7.43. The number of rotatable bonds is 7. The standard InChI is InChI=1S/C20H26N2O5/c1-22(20(19(25)26)10-3-2-4-11-20)17(23)13-27-16-7-5-6-15(12-16)21-18(24)14-8-9-14/h5-7,12,14H,2-4,8-11,13H2,1H3,(H,21,24)(H,25,26). The minimum absolute atomic E-state index is 0.00339. The van der Waals surface area contributed by atoms with Crippen LogP contribution in [0.2, 0.25) is 0 Å². The molecule has 0 heterocycles. The normalized spacial score (nSPS) is 18.4. The first-order chi connectivity index (χ1) is 12.9. The molecule has 0 aliphatic heterocycles. The van der Waals surface area contributed by atoms with Crippen molar-refractivity contribution in [2.24, 2.45) is 5.92 Å². The quantitative estimate of drug-likeness (QED) is 0.765. The van der Waals surface area contributed by atoms with E-state index in [4.69, 9.17) is 4.74 Å². The lowest BCUT2D eigenvalue weighted by molar-refractivity contribution is -0.161. The van der Waals surface area contributed by atoms with Crippen molar-refractivity contribution in [1.29, 1.82) is 0 Å². The van der Waals surface area contributed by atoms with Crippen LogP contribution in [0.4, 0.5) is 5.69 Å². The number of hydrogen-bond donors (Lipinski definition) is 2. The second kappa shape index (κ2) is 7.98. The molecule has 0 unspecified atom stereocenters. The number of benzene rings is 1. The average molecular weight is 374 g/mol. The van der Waals surface area contributed by atoms with E-state index in [9.17, 15) is 19.5 Å². The third-order valence-electron chi connectivity index (χ3n) is 5.51. The molecule has 146 valence electrons. The number of nitrogens with one attached hydrogen (secondary N) is 1. The van der Waals surface area contributed by atoms with Gasteiger partial charge < -0.3 is 20.1 Å². The number of carbonyl (C=O) groups is 3. The summed E-state index contributed by atoms with van der Waals surface area (Å²) in [6.45, 7) is -0.244. The summed E-state index contributed by atoms with van der Waals surface area (Å²) in [5.41, 5.74) is -0.516. The molecule has 0 saturated heterocycles. The van der Waals surface area contributed by atoms with Gasteiger partial charge in [-0.1, -0.05) is 25.3 Å². The van der Waals surface area contributed by atoms with E-state index in [0.717, 1.165) is 32.1 Å². The summed E-state index contributed by atoms with van der Waals surface area (Å²) >= 11 is 0. The molecule has 0 radical (unpaired) electrons. The van der Waals surface area contributed by atoms with Crippen LogP contribution in [0.3, 0.4) is 0 Å². The van der Waals surface area contributed by atoms with Gasteiger partial charge in [-0.3, -0.25) is 9.59 Å². The predicted molar refractivity (Wildman–Crippen MR) is 99.5 cm³/mol. The molecule has 2 saturated carbocycles. The van der Waals surface area contributed by atoms with Crippen molar-refractivity contribution in [3.63, 3.8) is 0 Å². The number of hydrogen-bond acceptors (Lipinski definition) is 4. The summed E-state index contributed by atoms with van der Waals surface area (Å²) in [5, 5.41) is 12.5. The number of nitrogens with zero attached hydrogens (tertiary/aromatic N) is 1. The van der Waals surface area contributed by atoms with Gasteiger partial charge in [0.25, 0.3) is 5.91 Å². The van der Waals surface area contributed by atoms with E-state index in [0.29, 0.717) is 24.3 Å². The number of aliphatic carboxylic acids is 1. The molecular formula is C20H26N2O5. The maximum absolute atomic E-state index is 12.6. The maximum atomic E-state index is 12.6. The molecule has 2 fully saturated rings. The number of carboxylic acids is 1. The van der Waals surface area contributed by atoms with Gasteiger partial charge in [0.05, 0.1) is 0 Å². The molecule has 2 aliphatic carbocycles. The Balaban J connectivity index is 1.59. The largest absolute Gasteiger partial charge is 0.484 e. The van der Waals surface area contributed by atoms with Crippen LogP contribution >= 0.6 is 0 Å². The van der Waals surface area contributed by atoms with E-state index in [2.05, 4.69) is 5.32 Å². The Bertz CT molecular complexity index is 723. The summed E-state index contributed by atoms with van der Waals surface area (Å²) in [5.74, 6) is -0.760. The molecule has 1 aromatic carbocycles. The molecular weight excluding hydrogens is 348 g/mol. The Labute approximate surface area is 158 Å². The van der Waals surface area contributed by atoms with Crippen molar-refractivity contribution in [3.8, 4) is 5.75 Å². The molecule has 0 spiro atoms. The first-order valence-corrected chi connectivity index (χ1v) is 9.46. The summed E-state index contributed by atoms with van der Waals surface area (Å²) < 4.78 is 5.57. The Kier molecular flexibility index (Phi) is 5.68. The molecule has 0 aromatic heterocycles. The van der Waals surface area contributed by atoms with Gasteiger partial charge in [0, 0.05) is 24.7 Å². The van der Waals surface area contributed by atoms with Gasteiger partial charge >= 0.3 is 5.97 Å². The predicted octanol–water partition coefficient (Wildman–Crippen LogP) is 2.66. The SMILES string of the molecule is CN(C(=O)COc1cccc(NC(=O)C2CC2)c1)C1(C(=O)O)CCCCC1. The zero-order chi connectivity index (χ0) is 19.4. The van der Waals surface area contributed by atoms with E-state index in [1.54, 1.807) is 24.3 Å². The number of carbonyl (C=O) groups excluding carboxylic acids is 2. The van der Waals surface area contributed by atoms with Crippen LogP contribution in [0, 0.1) is 5.92 Å². The van der Waals surface area contributed by atoms with E-state index in [1.807, 2.05) is 0 Å². The van der Waals surface area contributed by atoms with Gasteiger partial charge in [0.2, 0.25) is 5.91 Å². The van der Waals surface area contributed by atoms with Crippen LogP contribution < -0.4 is 10.1 Å². The molecule has 0 bridgehead atoms. The van der Waals surface area contributed by atoms with Gasteiger partial charge in [-0.25, -0.2) is 4.79 Å². The molecule has 27 heavy (non-hydrogen) atoms. The Morgan fingerprint density at radius 3 is 2.56 bits per heavy atom. The Morgan fingerprint density at radius 1 is 1.22 bits per heavy atom. The smallest absolute Gasteiger partial charge is 0.329 e. The molecule has 0 atom stereocenters. The fraction of sp³-hybridized carbons (Fsp3) is 0.550. The molecule has 3 rings (SSSR count). The van der Waals surface area contributed by atoms with Crippen molar-refractivity contribution in [2.75, 3.05) is 19.0 Å². The van der Waals surface area contributed by atoms with Crippen LogP contribution in [0.25, 0.3) is 0 Å². The lowest BCUT2D eigenvalue weighted by Gasteiger charge is -2.40. The topological polar surface area (TPSA) is 95.9 Å². The van der Waals surface area contributed by atoms with E-state index >= 15 is 0 Å². The van der Waals surface area contributed by atoms with Crippen LogP contribution in [0.5, 0.6) is 5.75 Å². The zero-order valence-corrected chi connectivity index (χ0v) is 15.6. The van der Waals surface area contributed by atoms with Crippen molar-refractivity contribution in [1.82, 2.24) is 4.90 Å². The lowest BCUT2D eigenvalue weighted by Crippen LogP contribution is -2.57. The fourth-order valence-corrected chi connectivity index (χ4v) is 3.56. The monoisotopic (exact) mass is 374 g/mol. The number of carboxylic acid groups (broad SMARTS) is 1. The zero-order valence-electron chi connectivity index (χ0n) is 15.6. The highest BCUT2D eigenvalue weighted by molar-refractivity contribution is 5.94. The van der Waals surface area contributed by atoms with Crippen LogP contribution in [0.15, 0.2) is 24.3 Å². The summed E-state index contributed by atoms with van der Waals surface area (Å²) in [6, 6.07) is 6.88. The van der Waals surface area contributed by atoms with E-state index in [-0.39, 0.29) is 24.3 Å². The third-order valence-corrected chi connectivity index (χ3v) is 5.51. The first-order valence-electron chi connectivity index (χ1n) is 9.46. The third kappa shape index (κ3) is 4.40. The van der Waals surface area contributed by atoms with Gasteiger partial charge in [-0.05, 0) is 37.8 Å². The highest BCUT2D eigenvalue weighted by Gasteiger charge is 2.45.